The number of benzene rings is 1. The lowest BCUT2D eigenvalue weighted by molar-refractivity contribution is 0.105. The van der Waals surface area contributed by atoms with Crippen LogP contribution in [0, 0.1) is 0 Å². The van der Waals surface area contributed by atoms with Crippen LogP contribution in [0.5, 0.6) is 5.75 Å². The van der Waals surface area contributed by atoms with Crippen LogP contribution in [-0.4, -0.2) is 33.8 Å². The van der Waals surface area contributed by atoms with E-state index in [-0.39, 0.29) is 16.9 Å². The van der Waals surface area contributed by atoms with Gasteiger partial charge < -0.3 is 14.8 Å². The van der Waals surface area contributed by atoms with E-state index in [1.807, 2.05) is 0 Å². The number of primary sulfonamides is 1. The molecule has 1 aromatic heterocycles. The molecule has 112 valence electrons. The van der Waals surface area contributed by atoms with Crippen LogP contribution in [0.25, 0.3) is 10.1 Å². The summed E-state index contributed by atoms with van der Waals surface area (Å²) in [5, 5.41) is 8.41. The Kier molecular flexibility index (Phi) is 3.47. The quantitative estimate of drug-likeness (QED) is 0.872. The van der Waals surface area contributed by atoms with Crippen LogP contribution in [0.1, 0.15) is 0 Å². The number of carbonyl (C=O) groups is 1. The fraction of sp³-hybridized carbons (Fsp3) is 0.250. The molecule has 1 aromatic carbocycles. The second-order valence-corrected chi connectivity index (χ2v) is 7.34. The van der Waals surface area contributed by atoms with Gasteiger partial charge in [0.2, 0.25) is 10.0 Å². The molecule has 0 radical (unpaired) electrons. The molecule has 0 saturated carbocycles. The zero-order valence-electron chi connectivity index (χ0n) is 10.7. The molecule has 1 atom stereocenters. The van der Waals surface area contributed by atoms with E-state index >= 15 is 0 Å². The summed E-state index contributed by atoms with van der Waals surface area (Å²) in [6.07, 6.45) is -0.820. The van der Waals surface area contributed by atoms with Gasteiger partial charge in [-0.05, 0) is 17.5 Å². The van der Waals surface area contributed by atoms with Gasteiger partial charge in [0.1, 0.15) is 16.6 Å². The first-order valence-electron chi connectivity index (χ1n) is 6.06. The number of hydrogen-bond acceptors (Lipinski definition) is 6. The molecular weight excluding hydrogens is 316 g/mol. The molecule has 1 unspecified atom stereocenters. The highest BCUT2D eigenvalue weighted by molar-refractivity contribution is 7.91. The van der Waals surface area contributed by atoms with E-state index in [0.717, 1.165) is 16.7 Å². The molecule has 1 fully saturated rings. The molecule has 1 aliphatic rings. The van der Waals surface area contributed by atoms with Crippen LogP contribution in [-0.2, 0) is 14.8 Å². The second kappa shape index (κ2) is 5.17. The van der Waals surface area contributed by atoms with Crippen LogP contribution in [0.15, 0.2) is 28.5 Å². The Morgan fingerprint density at radius 2 is 2.29 bits per heavy atom. The minimum atomic E-state index is -3.74. The monoisotopic (exact) mass is 328 g/mol. The Bertz CT molecular complexity index is 799. The number of nitrogens with two attached hydrogens (primary N) is 1. The topological polar surface area (TPSA) is 108 Å². The maximum absolute atomic E-state index is 11.4. The lowest BCUT2D eigenvalue weighted by Gasteiger charge is -2.10. The minimum Gasteiger partial charge on any atom is -0.488 e. The van der Waals surface area contributed by atoms with E-state index in [4.69, 9.17) is 14.6 Å². The summed E-state index contributed by atoms with van der Waals surface area (Å²) in [4.78, 5) is 10.9. The molecule has 7 nitrogen and oxygen atoms in total. The zero-order valence-corrected chi connectivity index (χ0v) is 12.4. The first kappa shape index (κ1) is 14.1. The Morgan fingerprint density at radius 3 is 2.95 bits per heavy atom. The predicted octanol–water partition coefficient (Wildman–Crippen LogP) is 1.04. The van der Waals surface area contributed by atoms with Gasteiger partial charge in [-0.25, -0.2) is 18.4 Å². The summed E-state index contributed by atoms with van der Waals surface area (Å²) in [7, 11) is -3.74. The second-order valence-electron chi connectivity index (χ2n) is 4.50. The van der Waals surface area contributed by atoms with Gasteiger partial charge in [-0.15, -0.1) is 11.3 Å². The van der Waals surface area contributed by atoms with Crippen LogP contribution in [0.4, 0.5) is 4.79 Å². The van der Waals surface area contributed by atoms with Crippen molar-refractivity contribution in [1.29, 1.82) is 0 Å². The highest BCUT2D eigenvalue weighted by Gasteiger charge is 2.23. The Hall–Kier alpha value is -1.84. The van der Waals surface area contributed by atoms with Crippen molar-refractivity contribution in [3.8, 4) is 5.75 Å². The summed E-state index contributed by atoms with van der Waals surface area (Å²) >= 11 is 1.05. The highest BCUT2D eigenvalue weighted by atomic mass is 32.2. The first-order chi connectivity index (χ1) is 9.93. The largest absolute Gasteiger partial charge is 0.488 e. The summed E-state index contributed by atoms with van der Waals surface area (Å²) in [5.41, 5.74) is 0. The fourth-order valence-corrected chi connectivity index (χ4v) is 3.84. The summed E-state index contributed by atoms with van der Waals surface area (Å²) < 4.78 is 34.2. The molecule has 9 heteroatoms. The number of thiophene rings is 1. The average molecular weight is 328 g/mol. The van der Waals surface area contributed by atoms with Crippen molar-refractivity contribution in [2.75, 3.05) is 13.2 Å². The molecule has 3 rings (SSSR count). The van der Waals surface area contributed by atoms with Crippen LogP contribution in [0.3, 0.4) is 0 Å². The number of rotatable bonds is 4. The van der Waals surface area contributed by atoms with Crippen molar-refractivity contribution in [3.63, 3.8) is 0 Å². The predicted molar refractivity (Wildman–Crippen MR) is 77.0 cm³/mol. The molecule has 1 aliphatic heterocycles. The number of ether oxygens (including phenoxy) is 2. The Balaban J connectivity index is 1.85. The number of hydrogen-bond donors (Lipinski definition) is 2. The maximum atomic E-state index is 11.4. The number of cyclic esters (lactones) is 1. The molecular formula is C12H12N2O5S2. The normalized spacial score (nSPS) is 18.5. The lowest BCUT2D eigenvalue weighted by Crippen LogP contribution is -2.21. The van der Waals surface area contributed by atoms with Crippen LogP contribution < -0.4 is 15.2 Å². The smallest absolute Gasteiger partial charge is 0.407 e. The van der Waals surface area contributed by atoms with Crippen molar-refractivity contribution in [2.24, 2.45) is 5.14 Å². The van der Waals surface area contributed by atoms with E-state index in [9.17, 15) is 13.2 Å². The lowest BCUT2D eigenvalue weighted by atomic mass is 10.2. The van der Waals surface area contributed by atoms with Crippen molar-refractivity contribution in [3.05, 3.63) is 24.3 Å². The molecule has 2 heterocycles. The molecule has 1 saturated heterocycles. The third-order valence-corrected chi connectivity index (χ3v) is 5.52. The number of fused-ring (bicyclic) bond motifs is 1. The van der Waals surface area contributed by atoms with Gasteiger partial charge in [-0.2, -0.15) is 0 Å². The zero-order chi connectivity index (χ0) is 15.0. The van der Waals surface area contributed by atoms with Crippen LogP contribution in [0.2, 0.25) is 0 Å². The van der Waals surface area contributed by atoms with E-state index in [2.05, 4.69) is 5.32 Å². The third-order valence-electron chi connectivity index (χ3n) is 2.94. The van der Waals surface area contributed by atoms with E-state index in [0.29, 0.717) is 17.0 Å². The molecule has 0 spiro atoms. The molecule has 3 N–H and O–H groups in total. The van der Waals surface area contributed by atoms with Crippen molar-refractivity contribution >= 4 is 37.5 Å². The van der Waals surface area contributed by atoms with Gasteiger partial charge in [-0.1, -0.05) is 12.1 Å². The summed E-state index contributed by atoms with van der Waals surface area (Å²) in [6.45, 7) is 0.585. The van der Waals surface area contributed by atoms with Crippen molar-refractivity contribution in [2.45, 2.75) is 10.3 Å². The van der Waals surface area contributed by atoms with Crippen molar-refractivity contribution in [1.82, 2.24) is 5.32 Å². The Labute approximate surface area is 124 Å². The standard InChI is InChI=1S/C12H12N2O5S2/c13-21(16,17)10-4-7-2-1-3-9(11(7)20-10)18-6-8-5-14-12(15)19-8/h1-4,8H,5-6H2,(H,14,15)(H2,13,16,17). The number of sulfonamides is 1. The van der Waals surface area contributed by atoms with E-state index in [1.165, 1.54) is 6.07 Å². The minimum absolute atomic E-state index is 0.0857. The van der Waals surface area contributed by atoms with Gasteiger partial charge in [0, 0.05) is 0 Å². The number of nitrogens with one attached hydrogen (secondary N) is 1. The van der Waals surface area contributed by atoms with Gasteiger partial charge in [0.15, 0.2) is 6.10 Å². The molecule has 0 aliphatic carbocycles. The average Bonchev–Trinajstić information content (AvgIpc) is 3.01. The highest BCUT2D eigenvalue weighted by Crippen LogP contribution is 2.35. The molecule has 2 aromatic rings. The molecule has 0 bridgehead atoms. The van der Waals surface area contributed by atoms with Crippen LogP contribution >= 0.6 is 11.3 Å². The number of carbonyl (C=O) groups excluding carboxylic acids is 1. The SMILES string of the molecule is NS(=O)(=O)c1cc2cccc(OCC3CNC(=O)O3)c2s1. The van der Waals surface area contributed by atoms with Gasteiger partial charge in [-0.3, -0.25) is 0 Å². The Morgan fingerprint density at radius 1 is 1.48 bits per heavy atom. The van der Waals surface area contributed by atoms with E-state index in [1.54, 1.807) is 18.2 Å². The molecule has 21 heavy (non-hydrogen) atoms. The first-order valence-corrected chi connectivity index (χ1v) is 8.42. The summed E-state index contributed by atoms with van der Waals surface area (Å²) in [6, 6.07) is 6.79. The van der Waals surface area contributed by atoms with Crippen molar-refractivity contribution < 1.29 is 22.7 Å². The van der Waals surface area contributed by atoms with Gasteiger partial charge in [0.05, 0.1) is 11.2 Å². The fourth-order valence-electron chi connectivity index (χ4n) is 1.97. The number of amides is 1. The third kappa shape index (κ3) is 2.94. The van der Waals surface area contributed by atoms with Gasteiger partial charge in [0.25, 0.3) is 0 Å². The number of alkyl carbamates (subject to hydrolysis) is 1. The van der Waals surface area contributed by atoms with Gasteiger partial charge >= 0.3 is 6.09 Å². The summed E-state index contributed by atoms with van der Waals surface area (Å²) in [5.74, 6) is 0.537. The maximum Gasteiger partial charge on any atom is 0.407 e. The molecule has 1 amide bonds. The van der Waals surface area contributed by atoms with E-state index < -0.39 is 16.1 Å².